The van der Waals surface area contributed by atoms with Crippen LogP contribution >= 0.6 is 23.2 Å². The van der Waals surface area contributed by atoms with Gasteiger partial charge in [-0.1, -0.05) is 41.4 Å². The van der Waals surface area contributed by atoms with Gasteiger partial charge in [-0.3, -0.25) is 4.79 Å². The fourth-order valence-corrected chi connectivity index (χ4v) is 3.08. The molecule has 5 nitrogen and oxygen atoms in total. The predicted molar refractivity (Wildman–Crippen MR) is 120 cm³/mol. The average molecular weight is 443 g/mol. The molecule has 0 heterocycles. The van der Waals surface area contributed by atoms with E-state index in [4.69, 9.17) is 32.7 Å². The number of halogens is 2. The molecule has 0 bridgehead atoms. The van der Waals surface area contributed by atoms with Crippen LogP contribution in [0, 0.1) is 0 Å². The van der Waals surface area contributed by atoms with E-state index in [0.29, 0.717) is 28.0 Å². The summed E-state index contributed by atoms with van der Waals surface area (Å²) < 4.78 is 11.2. The molecule has 3 aromatic rings. The maximum absolute atomic E-state index is 12.5. The number of rotatable bonds is 8. The van der Waals surface area contributed by atoms with E-state index in [1.54, 1.807) is 48.7 Å². The van der Waals surface area contributed by atoms with Crippen molar-refractivity contribution in [3.05, 3.63) is 93.5 Å². The summed E-state index contributed by atoms with van der Waals surface area (Å²) in [5, 5.41) is 5.07. The zero-order chi connectivity index (χ0) is 21.3. The van der Waals surface area contributed by atoms with Crippen molar-refractivity contribution < 1.29 is 14.3 Å². The Bertz CT molecular complexity index is 1040. The van der Waals surface area contributed by atoms with Gasteiger partial charge < -0.3 is 9.47 Å². The topological polar surface area (TPSA) is 59.9 Å². The first-order chi connectivity index (χ1) is 14.6. The molecule has 7 heteroatoms. The van der Waals surface area contributed by atoms with Crippen LogP contribution in [0.2, 0.25) is 10.0 Å². The normalized spacial score (nSPS) is 10.8. The number of hydrazone groups is 1. The maximum atomic E-state index is 12.5. The summed E-state index contributed by atoms with van der Waals surface area (Å²) in [7, 11) is 0. The number of amides is 1. The number of nitrogens with one attached hydrogen (secondary N) is 1. The molecule has 0 aliphatic heterocycles. The molecule has 0 aromatic heterocycles. The fraction of sp³-hybridized carbons (Fsp3) is 0.130. The van der Waals surface area contributed by atoms with E-state index in [9.17, 15) is 4.79 Å². The van der Waals surface area contributed by atoms with Gasteiger partial charge in [0.25, 0.3) is 5.91 Å². The standard InChI is InChI=1S/C23H20Cl2N2O3/c1-2-29-19-11-7-16(8-12-19)14-26-27-23(28)20-5-3-4-6-22(20)30-15-17-9-10-18(24)13-21(17)25/h3-14H,2,15H2,1H3,(H,27,28)/b26-14+. The zero-order valence-electron chi connectivity index (χ0n) is 16.3. The second kappa shape index (κ2) is 10.7. The third-order valence-electron chi connectivity index (χ3n) is 4.10. The van der Waals surface area contributed by atoms with Gasteiger partial charge in [0, 0.05) is 15.6 Å². The molecule has 0 aliphatic rings. The first-order valence-corrected chi connectivity index (χ1v) is 10.0. The van der Waals surface area contributed by atoms with Crippen molar-refractivity contribution in [3.63, 3.8) is 0 Å². The van der Waals surface area contributed by atoms with E-state index in [2.05, 4.69) is 10.5 Å². The smallest absolute Gasteiger partial charge is 0.275 e. The molecule has 0 saturated carbocycles. The van der Waals surface area contributed by atoms with Crippen LogP contribution in [0.15, 0.2) is 71.8 Å². The first kappa shape index (κ1) is 21.7. The van der Waals surface area contributed by atoms with Crippen LogP contribution in [0.5, 0.6) is 11.5 Å². The van der Waals surface area contributed by atoms with Crippen molar-refractivity contribution >= 4 is 35.3 Å². The Morgan fingerprint density at radius 2 is 1.80 bits per heavy atom. The molecule has 1 amide bonds. The summed E-state index contributed by atoms with van der Waals surface area (Å²) in [5.41, 5.74) is 4.49. The van der Waals surface area contributed by atoms with Crippen LogP contribution in [0.1, 0.15) is 28.4 Å². The maximum Gasteiger partial charge on any atom is 0.275 e. The van der Waals surface area contributed by atoms with Crippen molar-refractivity contribution in [1.29, 1.82) is 0 Å². The monoisotopic (exact) mass is 442 g/mol. The van der Waals surface area contributed by atoms with Crippen LogP contribution in [-0.4, -0.2) is 18.7 Å². The number of hydrogen-bond acceptors (Lipinski definition) is 4. The summed E-state index contributed by atoms with van der Waals surface area (Å²) in [6.07, 6.45) is 1.56. The Hall–Kier alpha value is -3.02. The predicted octanol–water partition coefficient (Wildman–Crippen LogP) is 5.74. The molecule has 0 atom stereocenters. The molecule has 3 aromatic carbocycles. The number of nitrogens with zero attached hydrogens (tertiary/aromatic N) is 1. The number of carbonyl (C=O) groups is 1. The average Bonchev–Trinajstić information content (AvgIpc) is 2.75. The number of benzene rings is 3. The third-order valence-corrected chi connectivity index (χ3v) is 4.69. The zero-order valence-corrected chi connectivity index (χ0v) is 17.8. The second-order valence-electron chi connectivity index (χ2n) is 6.22. The van der Waals surface area contributed by atoms with E-state index in [0.717, 1.165) is 16.9 Å². The highest BCUT2D eigenvalue weighted by molar-refractivity contribution is 6.35. The summed E-state index contributed by atoms with van der Waals surface area (Å²) in [4.78, 5) is 12.5. The minimum atomic E-state index is -0.380. The van der Waals surface area contributed by atoms with Gasteiger partial charge in [0.2, 0.25) is 0 Å². The largest absolute Gasteiger partial charge is 0.494 e. The van der Waals surface area contributed by atoms with Crippen molar-refractivity contribution in [3.8, 4) is 11.5 Å². The Morgan fingerprint density at radius 1 is 1.03 bits per heavy atom. The molecule has 0 unspecified atom stereocenters. The Morgan fingerprint density at radius 3 is 2.53 bits per heavy atom. The highest BCUT2D eigenvalue weighted by Crippen LogP contribution is 2.24. The van der Waals surface area contributed by atoms with Gasteiger partial charge in [-0.2, -0.15) is 5.10 Å². The molecule has 1 N–H and O–H groups in total. The van der Waals surface area contributed by atoms with Crippen LogP contribution < -0.4 is 14.9 Å². The quantitative estimate of drug-likeness (QED) is 0.357. The third kappa shape index (κ3) is 5.99. The molecule has 0 spiro atoms. The first-order valence-electron chi connectivity index (χ1n) is 9.29. The van der Waals surface area contributed by atoms with Crippen LogP contribution in [0.25, 0.3) is 0 Å². The highest BCUT2D eigenvalue weighted by Gasteiger charge is 2.12. The molecular weight excluding hydrogens is 423 g/mol. The number of ether oxygens (including phenoxy) is 2. The van der Waals surface area contributed by atoms with Crippen LogP contribution in [0.4, 0.5) is 0 Å². The highest BCUT2D eigenvalue weighted by atomic mass is 35.5. The molecule has 3 rings (SSSR count). The lowest BCUT2D eigenvalue weighted by Crippen LogP contribution is -2.18. The van der Waals surface area contributed by atoms with E-state index in [-0.39, 0.29) is 12.5 Å². The lowest BCUT2D eigenvalue weighted by atomic mass is 10.2. The van der Waals surface area contributed by atoms with Gasteiger partial charge in [-0.25, -0.2) is 5.43 Å². The molecule has 30 heavy (non-hydrogen) atoms. The Kier molecular flexibility index (Phi) is 7.71. The fourth-order valence-electron chi connectivity index (χ4n) is 2.62. The van der Waals surface area contributed by atoms with Gasteiger partial charge >= 0.3 is 0 Å². The van der Waals surface area contributed by atoms with E-state index < -0.39 is 0 Å². The summed E-state index contributed by atoms with van der Waals surface area (Å²) in [6.45, 7) is 2.74. The number of carbonyl (C=O) groups excluding carboxylic acids is 1. The minimum Gasteiger partial charge on any atom is -0.494 e. The van der Waals surface area contributed by atoms with E-state index in [1.807, 2.05) is 31.2 Å². The van der Waals surface area contributed by atoms with Gasteiger partial charge in [-0.05, 0) is 61.0 Å². The minimum absolute atomic E-state index is 0.204. The van der Waals surface area contributed by atoms with Crippen molar-refractivity contribution in [2.75, 3.05) is 6.61 Å². The van der Waals surface area contributed by atoms with E-state index in [1.165, 1.54) is 0 Å². The molecule has 0 aliphatic carbocycles. The lowest BCUT2D eigenvalue weighted by Gasteiger charge is -2.11. The van der Waals surface area contributed by atoms with Crippen molar-refractivity contribution in [2.24, 2.45) is 5.10 Å². The summed E-state index contributed by atoms with van der Waals surface area (Å²) >= 11 is 12.1. The van der Waals surface area contributed by atoms with E-state index >= 15 is 0 Å². The Balaban J connectivity index is 1.63. The van der Waals surface area contributed by atoms with Crippen molar-refractivity contribution in [2.45, 2.75) is 13.5 Å². The van der Waals surface area contributed by atoms with Gasteiger partial charge in [-0.15, -0.1) is 0 Å². The Labute approximate surface area is 185 Å². The molecule has 0 fully saturated rings. The van der Waals surface area contributed by atoms with Gasteiger partial charge in [0.1, 0.15) is 18.1 Å². The summed E-state index contributed by atoms with van der Waals surface area (Å²) in [6, 6.07) is 19.5. The van der Waals surface area contributed by atoms with Crippen molar-refractivity contribution in [1.82, 2.24) is 5.43 Å². The van der Waals surface area contributed by atoms with Crippen LogP contribution in [-0.2, 0) is 6.61 Å². The number of para-hydroxylation sites is 1. The molecular formula is C23H20Cl2N2O3. The lowest BCUT2D eigenvalue weighted by molar-refractivity contribution is 0.0950. The molecule has 154 valence electrons. The second-order valence-corrected chi connectivity index (χ2v) is 7.07. The van der Waals surface area contributed by atoms with Gasteiger partial charge in [0.15, 0.2) is 0 Å². The molecule has 0 radical (unpaired) electrons. The summed E-state index contributed by atoms with van der Waals surface area (Å²) in [5.74, 6) is 0.831. The van der Waals surface area contributed by atoms with Gasteiger partial charge in [0.05, 0.1) is 18.4 Å². The molecule has 0 saturated heterocycles. The van der Waals surface area contributed by atoms with Crippen LogP contribution in [0.3, 0.4) is 0 Å². The SMILES string of the molecule is CCOc1ccc(/C=N/NC(=O)c2ccccc2OCc2ccc(Cl)cc2Cl)cc1. The number of hydrogen-bond donors (Lipinski definition) is 1.